The molecule has 0 unspecified atom stereocenters. The summed E-state index contributed by atoms with van der Waals surface area (Å²) in [6.45, 7) is 6.97. The minimum Gasteiger partial charge on any atom is -0.791 e. The van der Waals surface area contributed by atoms with Crippen molar-refractivity contribution in [3.8, 4) is 0 Å². The molecule has 1 saturated heterocycles. The molecule has 1 aliphatic rings. The van der Waals surface area contributed by atoms with Crippen molar-refractivity contribution < 1.29 is 22.4 Å². The van der Waals surface area contributed by atoms with E-state index in [-0.39, 0.29) is 0 Å². The van der Waals surface area contributed by atoms with Crippen LogP contribution in [-0.2, 0) is 66.0 Å². The molecular formula is C18H29N2OS3Tc. The standard InChI is InChI=1S/C11H24N2S2.C7H8S.O.Tc/c14-10-8-13(9-11-15)7-6-12-4-2-1-3-5-12;8-6-7-4-2-1-3-5-7;;/h14-15H,1-11H2;1-5,8H,6H2;;/q;;;+3/p-3/i;;;1+1. The van der Waals surface area contributed by atoms with Crippen molar-refractivity contribution in [2.45, 2.75) is 25.0 Å². The Bertz CT molecular complexity index is 389. The molecule has 1 fully saturated rings. The summed E-state index contributed by atoms with van der Waals surface area (Å²) in [6, 6.07) is 10.1. The van der Waals surface area contributed by atoms with Gasteiger partial charge in [-0.05, 0) is 39.0 Å². The van der Waals surface area contributed by atoms with E-state index < -0.39 is 0 Å². The number of likely N-dealkylation sites (tertiary alicyclic amines) is 1. The molecule has 0 spiro atoms. The smallest absolute Gasteiger partial charge is 0.0109 e. The summed E-state index contributed by atoms with van der Waals surface area (Å²) in [6.07, 6.45) is 4.17. The van der Waals surface area contributed by atoms with E-state index in [1.54, 1.807) is 0 Å². The second-order valence-corrected chi connectivity index (χ2v) is 6.89. The first-order valence-corrected chi connectivity index (χ1v) is 11.2. The molecule has 1 aliphatic heterocycles. The molecule has 2 rings (SSSR count). The van der Waals surface area contributed by atoms with Crippen molar-refractivity contribution >= 4 is 37.9 Å². The third-order valence-corrected chi connectivity index (χ3v) is 4.70. The van der Waals surface area contributed by atoms with E-state index in [1.807, 2.05) is 30.3 Å². The van der Waals surface area contributed by atoms with E-state index in [2.05, 4.69) is 9.80 Å². The minimum absolute atomic E-state index is 0.723. The molecule has 7 heteroatoms. The summed E-state index contributed by atoms with van der Waals surface area (Å²) in [7, 11) is 0. The Morgan fingerprint density at radius 1 is 0.880 bits per heavy atom. The number of piperidine rings is 1. The van der Waals surface area contributed by atoms with Crippen molar-refractivity contribution in [3.05, 3.63) is 35.9 Å². The van der Waals surface area contributed by atoms with Crippen molar-refractivity contribution in [3.63, 3.8) is 0 Å². The molecular weight excluding hydrogens is 455 g/mol. The summed E-state index contributed by atoms with van der Waals surface area (Å²) in [4.78, 5) is 4.98. The molecule has 0 aliphatic carbocycles. The molecule has 0 saturated carbocycles. The molecule has 1 aromatic carbocycles. The maximum atomic E-state index is 8.22. The van der Waals surface area contributed by atoms with Gasteiger partial charge in [-0.1, -0.05) is 42.3 Å². The van der Waals surface area contributed by atoms with E-state index >= 15 is 0 Å². The van der Waals surface area contributed by atoms with Crippen LogP contribution in [-0.4, -0.2) is 60.6 Å². The fraction of sp³-hybridized carbons (Fsp3) is 0.667. The molecule has 0 aromatic heterocycles. The Morgan fingerprint density at radius 2 is 1.44 bits per heavy atom. The maximum Gasteiger partial charge on any atom is 0.0109 e. The molecule has 3 nitrogen and oxygen atoms in total. The van der Waals surface area contributed by atoms with Gasteiger partial charge in [-0.15, -0.1) is 0 Å². The minimum atomic E-state index is 0.723. The van der Waals surface area contributed by atoms with Gasteiger partial charge in [0.05, 0.1) is 0 Å². The SMILES string of the molecule is [O]=[99Tc+3].[S-]CCN(CC[S-])CCN1CCCCC1.[S-]Cc1ccccc1. The molecule has 142 valence electrons. The zero-order valence-corrected chi connectivity index (χ0v) is 19.1. The van der Waals surface area contributed by atoms with Gasteiger partial charge in [0.15, 0.2) is 0 Å². The molecule has 0 atom stereocenters. The van der Waals surface area contributed by atoms with Crippen LogP contribution < -0.4 is 0 Å². The quantitative estimate of drug-likeness (QED) is 0.526. The molecule has 1 heterocycles. The summed E-state index contributed by atoms with van der Waals surface area (Å²) in [5.74, 6) is 2.38. The van der Waals surface area contributed by atoms with Crippen molar-refractivity contribution in [2.75, 3.05) is 50.8 Å². The van der Waals surface area contributed by atoms with E-state index in [0.717, 1.165) is 55.7 Å². The first kappa shape index (κ1) is 25.6. The van der Waals surface area contributed by atoms with Crippen LogP contribution in [0.4, 0.5) is 0 Å². The third-order valence-electron chi connectivity index (χ3n) is 4.01. The number of hydrogen-bond acceptors (Lipinski definition) is 6. The molecule has 1 aromatic rings. The fourth-order valence-corrected chi connectivity index (χ4v) is 3.34. The van der Waals surface area contributed by atoms with Crippen LogP contribution in [0.2, 0.25) is 0 Å². The fourth-order valence-electron chi connectivity index (χ4n) is 2.63. The first-order valence-electron chi connectivity index (χ1n) is 8.68. The molecule has 0 N–H and O–H groups in total. The predicted octanol–water partition coefficient (Wildman–Crippen LogP) is 2.48. The van der Waals surface area contributed by atoms with Gasteiger partial charge in [0, 0.05) is 13.1 Å². The van der Waals surface area contributed by atoms with Gasteiger partial charge in [-0.25, -0.2) is 0 Å². The molecule has 0 amide bonds. The van der Waals surface area contributed by atoms with Gasteiger partial charge in [-0.3, -0.25) is 0 Å². The normalized spacial score (nSPS) is 14.2. The second kappa shape index (κ2) is 19.4. The average Bonchev–Trinajstić information content (AvgIpc) is 2.70. The Labute approximate surface area is 181 Å². The van der Waals surface area contributed by atoms with Gasteiger partial charge >= 0.3 is 22.4 Å². The third kappa shape index (κ3) is 14.4. The van der Waals surface area contributed by atoms with Crippen LogP contribution >= 0.6 is 0 Å². The largest absolute Gasteiger partial charge is 0.791 e. The second-order valence-electron chi connectivity index (χ2n) is 5.78. The summed E-state index contributed by atoms with van der Waals surface area (Å²) < 4.78 is 8.22. The Morgan fingerprint density at radius 3 is 1.88 bits per heavy atom. The van der Waals surface area contributed by atoms with Crippen molar-refractivity contribution in [1.82, 2.24) is 9.80 Å². The molecule has 0 radical (unpaired) electrons. The Hall–Kier alpha value is 0.639. The Kier molecular flexibility index (Phi) is 19.9. The summed E-state index contributed by atoms with van der Waals surface area (Å²) in [5, 5.41) is 0. The van der Waals surface area contributed by atoms with E-state index in [1.165, 1.54) is 44.5 Å². The Balaban J connectivity index is 0.000000483. The predicted molar refractivity (Wildman–Crippen MR) is 109 cm³/mol. The van der Waals surface area contributed by atoms with Crippen LogP contribution in [0, 0.1) is 0 Å². The molecule has 0 bridgehead atoms. The average molecular weight is 485 g/mol. The van der Waals surface area contributed by atoms with Gasteiger partial charge in [0.25, 0.3) is 0 Å². The van der Waals surface area contributed by atoms with Crippen molar-refractivity contribution in [2.24, 2.45) is 0 Å². The zero-order valence-electron chi connectivity index (χ0n) is 14.8. The summed E-state index contributed by atoms with van der Waals surface area (Å²) in [5.41, 5.74) is 1.22. The van der Waals surface area contributed by atoms with Crippen LogP contribution in [0.3, 0.4) is 0 Å². The monoisotopic (exact) mass is 484 g/mol. The van der Waals surface area contributed by atoms with Crippen molar-refractivity contribution in [1.29, 1.82) is 0 Å². The first-order chi connectivity index (χ1) is 12.3. The van der Waals surface area contributed by atoms with Gasteiger partial charge in [0.1, 0.15) is 0 Å². The number of benzene rings is 1. The van der Waals surface area contributed by atoms with E-state index in [0.29, 0.717) is 0 Å². The summed E-state index contributed by atoms with van der Waals surface area (Å²) >= 11 is 15.8. The van der Waals surface area contributed by atoms with Crippen LogP contribution in [0.25, 0.3) is 0 Å². The van der Waals surface area contributed by atoms with Gasteiger partial charge in [-0.2, -0.15) is 17.3 Å². The maximum absolute atomic E-state index is 8.22. The number of hydrogen-bond donors (Lipinski definition) is 0. The van der Waals surface area contributed by atoms with Crippen LogP contribution in [0.15, 0.2) is 30.3 Å². The van der Waals surface area contributed by atoms with Crippen LogP contribution in [0.1, 0.15) is 24.8 Å². The molecule has 25 heavy (non-hydrogen) atoms. The van der Waals surface area contributed by atoms with Gasteiger partial charge < -0.3 is 47.7 Å². The van der Waals surface area contributed by atoms with Crippen LogP contribution in [0.5, 0.6) is 0 Å². The van der Waals surface area contributed by atoms with E-state index in [4.69, 9.17) is 41.4 Å². The topological polar surface area (TPSA) is 23.6 Å². The number of nitrogens with zero attached hydrogens (tertiary/aromatic N) is 2. The number of rotatable bonds is 8. The zero-order chi connectivity index (χ0) is 18.8. The van der Waals surface area contributed by atoms with E-state index in [9.17, 15) is 0 Å². The van der Waals surface area contributed by atoms with Gasteiger partial charge in [0.2, 0.25) is 0 Å².